The van der Waals surface area contributed by atoms with Gasteiger partial charge in [0.05, 0.1) is 13.0 Å². The van der Waals surface area contributed by atoms with E-state index in [1.54, 1.807) is 19.4 Å². The van der Waals surface area contributed by atoms with Crippen molar-refractivity contribution in [2.75, 3.05) is 7.11 Å². The number of nitrogens with zero attached hydrogens (tertiary/aromatic N) is 2. The molecule has 8 nitrogen and oxygen atoms in total. The molecule has 0 radical (unpaired) electrons. The Labute approximate surface area is 158 Å². The van der Waals surface area contributed by atoms with Gasteiger partial charge in [-0.2, -0.15) is 0 Å². The van der Waals surface area contributed by atoms with Gasteiger partial charge in [-0.3, -0.25) is 4.79 Å². The van der Waals surface area contributed by atoms with E-state index in [4.69, 9.17) is 15.0 Å². The molecule has 8 heteroatoms. The van der Waals surface area contributed by atoms with Crippen LogP contribution in [0.25, 0.3) is 0 Å². The van der Waals surface area contributed by atoms with E-state index in [-0.39, 0.29) is 23.9 Å². The number of Topliss-reactive ketones (excluding diaryl/α,β-unsaturated/α-hetero) is 1. The van der Waals surface area contributed by atoms with Gasteiger partial charge in [-0.15, -0.1) is 0 Å². The molecule has 3 rings (SSSR count). The summed E-state index contributed by atoms with van der Waals surface area (Å²) in [7, 11) is 1.64. The Morgan fingerprint density at radius 3 is 3.11 bits per heavy atom. The van der Waals surface area contributed by atoms with Gasteiger partial charge in [-0.05, 0) is 19.3 Å². The molecule has 2 aliphatic rings. The van der Waals surface area contributed by atoms with E-state index in [0.29, 0.717) is 18.0 Å². The summed E-state index contributed by atoms with van der Waals surface area (Å²) in [6.45, 7) is 0. The van der Waals surface area contributed by atoms with Crippen LogP contribution in [0.2, 0.25) is 0 Å². The zero-order valence-electron chi connectivity index (χ0n) is 15.6. The number of carbonyl (C=O) groups is 1. The SMILES string of the molecule is COC1=NC=CCC1C1=CNC([C@@H](N)CCCCCC(=O)c2ccon2)N1. The van der Waals surface area contributed by atoms with Crippen molar-refractivity contribution in [2.24, 2.45) is 16.6 Å². The van der Waals surface area contributed by atoms with Crippen LogP contribution < -0.4 is 16.4 Å². The minimum atomic E-state index is -0.0212. The zero-order chi connectivity index (χ0) is 19.1. The summed E-state index contributed by atoms with van der Waals surface area (Å²) < 4.78 is 10.1. The van der Waals surface area contributed by atoms with E-state index in [9.17, 15) is 4.79 Å². The fourth-order valence-electron chi connectivity index (χ4n) is 3.34. The highest BCUT2D eigenvalue weighted by molar-refractivity contribution is 5.93. The molecule has 4 N–H and O–H groups in total. The van der Waals surface area contributed by atoms with Crippen LogP contribution in [0.5, 0.6) is 0 Å². The fourth-order valence-corrected chi connectivity index (χ4v) is 3.34. The van der Waals surface area contributed by atoms with Crippen molar-refractivity contribution in [1.82, 2.24) is 15.8 Å². The molecule has 0 bridgehead atoms. The predicted octanol–water partition coefficient (Wildman–Crippen LogP) is 2.07. The summed E-state index contributed by atoms with van der Waals surface area (Å²) >= 11 is 0. The maximum Gasteiger partial charge on any atom is 0.197 e. The third-order valence-corrected chi connectivity index (χ3v) is 4.90. The van der Waals surface area contributed by atoms with Gasteiger partial charge in [0.15, 0.2) is 11.7 Å². The Morgan fingerprint density at radius 1 is 1.44 bits per heavy atom. The summed E-state index contributed by atoms with van der Waals surface area (Å²) in [5.74, 6) is 0.842. The van der Waals surface area contributed by atoms with Crippen LogP contribution in [0.4, 0.5) is 0 Å². The van der Waals surface area contributed by atoms with Gasteiger partial charge in [0.25, 0.3) is 0 Å². The number of methoxy groups -OCH3 is 1. The number of carbonyl (C=O) groups excluding carboxylic acids is 1. The van der Waals surface area contributed by atoms with Crippen molar-refractivity contribution in [1.29, 1.82) is 0 Å². The van der Waals surface area contributed by atoms with Gasteiger partial charge in [0.1, 0.15) is 18.1 Å². The van der Waals surface area contributed by atoms with Crippen LogP contribution in [0.15, 0.2) is 46.0 Å². The molecule has 3 heterocycles. The van der Waals surface area contributed by atoms with Crippen LogP contribution in [0, 0.1) is 5.92 Å². The number of hydrogen-bond donors (Lipinski definition) is 3. The highest BCUT2D eigenvalue weighted by Crippen LogP contribution is 2.23. The lowest BCUT2D eigenvalue weighted by Crippen LogP contribution is -2.49. The summed E-state index contributed by atoms with van der Waals surface area (Å²) in [6.07, 6.45) is 12.2. The third kappa shape index (κ3) is 4.97. The van der Waals surface area contributed by atoms with E-state index < -0.39 is 0 Å². The van der Waals surface area contributed by atoms with E-state index in [2.05, 4.69) is 20.8 Å². The number of ether oxygens (including phenoxy) is 1. The first-order chi connectivity index (χ1) is 13.2. The van der Waals surface area contributed by atoms with Crippen LogP contribution in [0.1, 0.15) is 49.0 Å². The number of nitrogens with two attached hydrogens (primary N) is 1. The molecule has 3 atom stereocenters. The Hall–Kier alpha value is -2.61. The second-order valence-electron chi connectivity index (χ2n) is 6.80. The van der Waals surface area contributed by atoms with Crippen molar-refractivity contribution in [3.63, 3.8) is 0 Å². The number of hydrogen-bond acceptors (Lipinski definition) is 8. The molecule has 0 amide bonds. The van der Waals surface area contributed by atoms with Crippen LogP contribution in [0.3, 0.4) is 0 Å². The summed E-state index contributed by atoms with van der Waals surface area (Å²) in [4.78, 5) is 16.1. The van der Waals surface area contributed by atoms with Crippen LogP contribution in [-0.2, 0) is 4.74 Å². The van der Waals surface area contributed by atoms with Crippen LogP contribution in [-0.4, -0.2) is 36.2 Å². The van der Waals surface area contributed by atoms with Crippen molar-refractivity contribution in [3.05, 3.63) is 42.2 Å². The smallest absolute Gasteiger partial charge is 0.197 e. The van der Waals surface area contributed by atoms with E-state index in [1.807, 2.05) is 12.3 Å². The lowest BCUT2D eigenvalue weighted by molar-refractivity contribution is 0.0970. The molecule has 2 unspecified atom stereocenters. The Kier molecular flexibility index (Phi) is 6.64. The quantitative estimate of drug-likeness (QED) is 0.448. The molecule has 0 aromatic carbocycles. The van der Waals surface area contributed by atoms with Crippen molar-refractivity contribution >= 4 is 11.7 Å². The highest BCUT2D eigenvalue weighted by atomic mass is 16.5. The predicted molar refractivity (Wildman–Crippen MR) is 102 cm³/mol. The largest absolute Gasteiger partial charge is 0.484 e. The van der Waals surface area contributed by atoms with Gasteiger partial charge in [0, 0.05) is 36.6 Å². The second-order valence-corrected chi connectivity index (χ2v) is 6.80. The number of unbranched alkanes of at least 4 members (excludes halogenated alkanes) is 2. The number of ketones is 1. The van der Waals surface area contributed by atoms with E-state index in [0.717, 1.165) is 37.8 Å². The minimum absolute atomic E-state index is 0.000717. The number of aliphatic imine (C=N–C) groups is 1. The average molecular weight is 373 g/mol. The molecule has 27 heavy (non-hydrogen) atoms. The maximum atomic E-state index is 11.9. The first-order valence-electron chi connectivity index (χ1n) is 9.37. The molecule has 0 saturated carbocycles. The number of allylic oxidation sites excluding steroid dienone is 1. The van der Waals surface area contributed by atoms with Gasteiger partial charge in [-0.25, -0.2) is 4.99 Å². The Balaban J connectivity index is 1.34. The van der Waals surface area contributed by atoms with Gasteiger partial charge < -0.3 is 25.6 Å². The fraction of sp³-hybridized carbons (Fsp3) is 0.526. The van der Waals surface area contributed by atoms with Crippen LogP contribution >= 0.6 is 0 Å². The van der Waals surface area contributed by atoms with E-state index in [1.165, 1.54) is 6.26 Å². The van der Waals surface area contributed by atoms with Crippen molar-refractivity contribution in [2.45, 2.75) is 50.7 Å². The Morgan fingerprint density at radius 2 is 2.33 bits per heavy atom. The summed E-state index contributed by atoms with van der Waals surface area (Å²) in [6, 6.07) is 1.58. The molecule has 1 aromatic rings. The zero-order valence-corrected chi connectivity index (χ0v) is 15.6. The topological polar surface area (TPSA) is 115 Å². The first-order valence-corrected chi connectivity index (χ1v) is 9.37. The lowest BCUT2D eigenvalue weighted by atomic mass is 9.99. The first kappa shape index (κ1) is 19.2. The molecule has 2 aliphatic heterocycles. The second kappa shape index (κ2) is 9.36. The molecule has 0 saturated heterocycles. The van der Waals surface area contributed by atoms with Gasteiger partial charge in [0.2, 0.25) is 0 Å². The van der Waals surface area contributed by atoms with E-state index >= 15 is 0 Å². The number of rotatable bonds is 9. The number of nitrogens with one attached hydrogen (secondary N) is 2. The van der Waals surface area contributed by atoms with Crippen molar-refractivity contribution in [3.8, 4) is 0 Å². The van der Waals surface area contributed by atoms with Gasteiger partial charge in [-0.1, -0.05) is 24.1 Å². The standard InChI is InChI=1S/C19H27N5O3/c1-26-19-13(6-5-10-21-19)16-12-22-18(23-16)14(20)7-3-2-4-8-17(25)15-9-11-27-24-15/h5,9-14,18,22-23H,2-4,6-8,20H2,1H3/t13?,14-,18?/m0/s1. The van der Waals surface area contributed by atoms with Gasteiger partial charge >= 0.3 is 0 Å². The molecule has 1 aromatic heterocycles. The Bertz CT molecular complexity index is 711. The molecular formula is C19H27N5O3. The third-order valence-electron chi connectivity index (χ3n) is 4.90. The summed E-state index contributed by atoms with van der Waals surface area (Å²) in [5.41, 5.74) is 7.79. The molecule has 0 fully saturated rings. The molecule has 0 spiro atoms. The maximum absolute atomic E-state index is 11.9. The monoisotopic (exact) mass is 373 g/mol. The van der Waals surface area contributed by atoms with Crippen molar-refractivity contribution < 1.29 is 14.1 Å². The molecular weight excluding hydrogens is 346 g/mol. The molecule has 0 aliphatic carbocycles. The average Bonchev–Trinajstić information content (AvgIpc) is 3.39. The summed E-state index contributed by atoms with van der Waals surface area (Å²) in [5, 5.41) is 10.4. The highest BCUT2D eigenvalue weighted by Gasteiger charge is 2.29. The number of aromatic nitrogens is 1. The molecule has 146 valence electrons. The normalized spacial score (nSPS) is 22.4. The minimum Gasteiger partial charge on any atom is -0.484 e. The lowest BCUT2D eigenvalue weighted by Gasteiger charge is -2.24.